The molecule has 0 aliphatic rings. The molecule has 0 aliphatic carbocycles. The molecule has 0 amide bonds. The van der Waals surface area contributed by atoms with Gasteiger partial charge in [0.1, 0.15) is 0 Å². The molecule has 0 aliphatic heterocycles. The molecule has 0 aromatic heterocycles. The molecule has 1 aromatic carbocycles. The highest BCUT2D eigenvalue weighted by Crippen LogP contribution is 2.39. The van der Waals surface area contributed by atoms with Crippen molar-refractivity contribution in [3.63, 3.8) is 0 Å². The summed E-state index contributed by atoms with van der Waals surface area (Å²) in [7, 11) is -1.60. The van der Waals surface area contributed by atoms with Crippen molar-refractivity contribution in [2.75, 3.05) is 0 Å². The number of benzene rings is 1. The van der Waals surface area contributed by atoms with Crippen LogP contribution in [0.15, 0.2) is 30.3 Å². The Balaban J connectivity index is 3.14. The van der Waals surface area contributed by atoms with Gasteiger partial charge in [0.25, 0.3) is 0 Å². The average Bonchev–Trinajstić information content (AvgIpc) is 2.45. The van der Waals surface area contributed by atoms with Gasteiger partial charge >= 0.3 is 0 Å². The summed E-state index contributed by atoms with van der Waals surface area (Å²) in [6.45, 7) is 13.7. The topological polar surface area (TPSA) is 9.23 Å². The lowest BCUT2D eigenvalue weighted by Crippen LogP contribution is -2.46. The van der Waals surface area contributed by atoms with Gasteiger partial charge in [-0.2, -0.15) is 0 Å². The van der Waals surface area contributed by atoms with Gasteiger partial charge in [0, 0.05) is 0 Å². The highest BCUT2D eigenvalue weighted by molar-refractivity contribution is 6.73. The monoisotopic (exact) mass is 278 g/mol. The summed E-state index contributed by atoms with van der Waals surface area (Å²) < 4.78 is 6.86. The Kier molecular flexibility index (Phi) is 5.81. The second-order valence-corrected chi connectivity index (χ2v) is 10.7. The van der Waals surface area contributed by atoms with Gasteiger partial charge in [0.05, 0.1) is 5.60 Å². The molecule has 1 aromatic rings. The van der Waals surface area contributed by atoms with Crippen LogP contribution in [-0.4, -0.2) is 8.32 Å². The van der Waals surface area contributed by atoms with Gasteiger partial charge in [-0.3, -0.25) is 0 Å². The van der Waals surface area contributed by atoms with E-state index in [4.69, 9.17) is 4.43 Å². The molecule has 0 unspecified atom stereocenters. The first kappa shape index (κ1) is 16.5. The molecule has 0 N–H and O–H groups in total. The lowest BCUT2D eigenvalue weighted by molar-refractivity contribution is 0.0247. The van der Waals surface area contributed by atoms with Crippen LogP contribution in [0.25, 0.3) is 0 Å². The largest absolute Gasteiger partial charge is 0.407 e. The third-order valence-electron chi connectivity index (χ3n) is 4.81. The minimum Gasteiger partial charge on any atom is -0.407 e. The SMILES string of the molecule is CC[Si](CC)(CC)O[C@@](C)(c1ccccc1)C(C)C. The van der Waals surface area contributed by atoms with Crippen molar-refractivity contribution in [1.82, 2.24) is 0 Å². The van der Waals surface area contributed by atoms with E-state index < -0.39 is 8.32 Å². The van der Waals surface area contributed by atoms with Crippen molar-refractivity contribution in [3.05, 3.63) is 35.9 Å². The van der Waals surface area contributed by atoms with Crippen LogP contribution in [-0.2, 0) is 10.0 Å². The summed E-state index contributed by atoms with van der Waals surface area (Å²) in [5.74, 6) is 0.478. The zero-order valence-electron chi connectivity index (χ0n) is 13.5. The van der Waals surface area contributed by atoms with E-state index in [1.165, 1.54) is 23.7 Å². The van der Waals surface area contributed by atoms with E-state index in [2.05, 4.69) is 71.9 Å². The molecule has 0 spiro atoms. The van der Waals surface area contributed by atoms with Gasteiger partial charge in [-0.15, -0.1) is 0 Å². The highest BCUT2D eigenvalue weighted by atomic mass is 28.4. The molecule has 0 heterocycles. The van der Waals surface area contributed by atoms with Crippen LogP contribution in [0.2, 0.25) is 18.1 Å². The predicted molar refractivity (Wildman–Crippen MR) is 86.9 cm³/mol. The summed E-state index contributed by atoms with van der Waals surface area (Å²) in [5, 5.41) is 0. The van der Waals surface area contributed by atoms with Crippen LogP contribution in [0, 0.1) is 5.92 Å². The summed E-state index contributed by atoms with van der Waals surface area (Å²) in [6.07, 6.45) is 0. The van der Waals surface area contributed by atoms with E-state index in [-0.39, 0.29) is 5.60 Å². The summed E-state index contributed by atoms with van der Waals surface area (Å²) in [4.78, 5) is 0. The van der Waals surface area contributed by atoms with Gasteiger partial charge in [0.2, 0.25) is 0 Å². The number of rotatable bonds is 7. The van der Waals surface area contributed by atoms with Gasteiger partial charge in [-0.1, -0.05) is 65.0 Å². The maximum absolute atomic E-state index is 6.86. The van der Waals surface area contributed by atoms with Gasteiger partial charge in [-0.05, 0) is 36.5 Å². The molecule has 0 saturated carbocycles. The zero-order valence-corrected chi connectivity index (χ0v) is 14.5. The van der Waals surface area contributed by atoms with Gasteiger partial charge in [-0.25, -0.2) is 0 Å². The van der Waals surface area contributed by atoms with Crippen molar-refractivity contribution < 1.29 is 4.43 Å². The lowest BCUT2D eigenvalue weighted by Gasteiger charge is -2.43. The predicted octanol–water partition coefficient (Wildman–Crippen LogP) is 5.58. The highest BCUT2D eigenvalue weighted by Gasteiger charge is 2.40. The Hall–Kier alpha value is -0.603. The van der Waals surface area contributed by atoms with E-state index in [9.17, 15) is 0 Å². The first-order valence-electron chi connectivity index (χ1n) is 7.69. The third kappa shape index (κ3) is 3.49. The molecule has 0 bridgehead atoms. The fourth-order valence-electron chi connectivity index (χ4n) is 2.70. The van der Waals surface area contributed by atoms with E-state index >= 15 is 0 Å². The molecule has 108 valence electrons. The minimum absolute atomic E-state index is 0.157. The van der Waals surface area contributed by atoms with Crippen molar-refractivity contribution in [1.29, 1.82) is 0 Å². The van der Waals surface area contributed by atoms with Gasteiger partial charge in [0.15, 0.2) is 8.32 Å². The standard InChI is InChI=1S/C17H30OSi/c1-7-19(8-2,9-3)18-17(6,15(4)5)16-13-11-10-12-14-16/h10-15H,7-9H2,1-6H3/t17-/m1/s1. The maximum Gasteiger partial charge on any atom is 0.193 e. The molecule has 0 saturated heterocycles. The second-order valence-electron chi connectivity index (χ2n) is 5.97. The van der Waals surface area contributed by atoms with Crippen molar-refractivity contribution >= 4 is 8.32 Å². The molecular weight excluding hydrogens is 248 g/mol. The average molecular weight is 279 g/mol. The summed E-state index contributed by atoms with van der Waals surface area (Å²) in [6, 6.07) is 14.3. The fraction of sp³-hybridized carbons (Fsp3) is 0.647. The number of hydrogen-bond acceptors (Lipinski definition) is 1. The fourth-order valence-corrected chi connectivity index (χ4v) is 5.88. The molecule has 2 heteroatoms. The maximum atomic E-state index is 6.86. The second kappa shape index (κ2) is 6.71. The molecular formula is C17H30OSi. The van der Waals surface area contributed by atoms with E-state index in [1.807, 2.05) is 0 Å². The van der Waals surface area contributed by atoms with Crippen LogP contribution in [0.3, 0.4) is 0 Å². The smallest absolute Gasteiger partial charge is 0.193 e. The molecule has 0 fully saturated rings. The Morgan fingerprint density at radius 3 is 1.84 bits per heavy atom. The third-order valence-corrected chi connectivity index (χ3v) is 9.53. The first-order chi connectivity index (χ1) is 8.94. The molecule has 1 atom stereocenters. The van der Waals surface area contributed by atoms with E-state index in [0.29, 0.717) is 5.92 Å². The zero-order chi connectivity index (χ0) is 14.5. The van der Waals surface area contributed by atoms with Crippen molar-refractivity contribution in [2.24, 2.45) is 5.92 Å². The molecule has 0 radical (unpaired) electrons. The molecule has 1 nitrogen and oxygen atoms in total. The van der Waals surface area contributed by atoms with Crippen molar-refractivity contribution in [3.8, 4) is 0 Å². The van der Waals surface area contributed by atoms with Crippen molar-refractivity contribution in [2.45, 2.75) is 65.3 Å². The quantitative estimate of drug-likeness (QED) is 0.592. The minimum atomic E-state index is -1.60. The Morgan fingerprint density at radius 1 is 1.00 bits per heavy atom. The lowest BCUT2D eigenvalue weighted by atomic mass is 9.85. The summed E-state index contributed by atoms with van der Waals surface area (Å²) >= 11 is 0. The molecule has 19 heavy (non-hydrogen) atoms. The first-order valence-corrected chi connectivity index (χ1v) is 10.2. The van der Waals surface area contributed by atoms with Gasteiger partial charge < -0.3 is 4.43 Å². The van der Waals surface area contributed by atoms with Crippen LogP contribution in [0.1, 0.15) is 47.1 Å². The van der Waals surface area contributed by atoms with Crippen LogP contribution in [0.4, 0.5) is 0 Å². The Morgan fingerprint density at radius 2 is 1.47 bits per heavy atom. The Bertz CT molecular complexity index is 362. The van der Waals surface area contributed by atoms with Crippen LogP contribution in [0.5, 0.6) is 0 Å². The normalized spacial score (nSPS) is 15.5. The Labute approximate surface area is 120 Å². The van der Waals surface area contributed by atoms with E-state index in [0.717, 1.165) is 0 Å². The van der Waals surface area contributed by atoms with E-state index in [1.54, 1.807) is 0 Å². The number of hydrogen-bond donors (Lipinski definition) is 0. The summed E-state index contributed by atoms with van der Waals surface area (Å²) in [5.41, 5.74) is 1.16. The van der Waals surface area contributed by atoms with Crippen LogP contribution < -0.4 is 0 Å². The molecule has 1 rings (SSSR count). The van der Waals surface area contributed by atoms with Crippen LogP contribution >= 0.6 is 0 Å².